The highest BCUT2D eigenvalue weighted by Gasteiger charge is 2.35. The average Bonchev–Trinajstić information content (AvgIpc) is 3.42. The summed E-state index contributed by atoms with van der Waals surface area (Å²) < 4.78 is 11.1. The number of hydrogen-bond donors (Lipinski definition) is 0. The lowest BCUT2D eigenvalue weighted by Crippen LogP contribution is -2.23. The molecule has 1 aliphatic rings. The number of benzene rings is 2. The van der Waals surface area contributed by atoms with Gasteiger partial charge in [-0.3, -0.25) is 4.79 Å². The molecule has 0 saturated carbocycles. The van der Waals surface area contributed by atoms with Crippen molar-refractivity contribution in [3.05, 3.63) is 98.7 Å². The molecule has 2 atom stereocenters. The molecule has 3 nitrogen and oxygen atoms in total. The van der Waals surface area contributed by atoms with Gasteiger partial charge in [-0.25, -0.2) is 0 Å². The molecule has 4 rings (SSSR count). The highest BCUT2D eigenvalue weighted by Crippen LogP contribution is 2.37. The van der Waals surface area contributed by atoms with E-state index in [0.717, 1.165) is 23.5 Å². The van der Waals surface area contributed by atoms with Crippen LogP contribution in [-0.4, -0.2) is 19.5 Å². The molecule has 2 aromatic carbocycles. The summed E-state index contributed by atoms with van der Waals surface area (Å²) in [5.41, 5.74) is 3.78. The molecular formula is C29H31ClO3S. The van der Waals surface area contributed by atoms with Crippen LogP contribution in [0.4, 0.5) is 0 Å². The van der Waals surface area contributed by atoms with Crippen LogP contribution in [0.2, 0.25) is 0 Å². The molecule has 0 spiro atoms. The van der Waals surface area contributed by atoms with E-state index in [4.69, 9.17) is 21.1 Å². The second-order valence-electron chi connectivity index (χ2n) is 9.34. The molecule has 34 heavy (non-hydrogen) atoms. The summed E-state index contributed by atoms with van der Waals surface area (Å²) >= 11 is 8.07. The third kappa shape index (κ3) is 5.63. The molecule has 3 aromatic rings. The Morgan fingerprint density at radius 2 is 1.71 bits per heavy atom. The summed E-state index contributed by atoms with van der Waals surface area (Å²) in [7, 11) is 1.65. The van der Waals surface area contributed by atoms with Crippen LogP contribution in [0.3, 0.4) is 0 Å². The van der Waals surface area contributed by atoms with Gasteiger partial charge in [0.1, 0.15) is 5.75 Å². The van der Waals surface area contributed by atoms with Gasteiger partial charge in [0.25, 0.3) is 0 Å². The van der Waals surface area contributed by atoms with Gasteiger partial charge in [-0.05, 0) is 41.7 Å². The highest BCUT2D eigenvalue weighted by molar-refractivity contribution is 7.10. The molecule has 0 amide bonds. The third-order valence-electron chi connectivity index (χ3n) is 6.81. The van der Waals surface area contributed by atoms with E-state index >= 15 is 0 Å². The third-order valence-corrected chi connectivity index (χ3v) is 8.09. The van der Waals surface area contributed by atoms with Crippen LogP contribution in [0.5, 0.6) is 5.75 Å². The number of halogens is 1. The largest absolute Gasteiger partial charge is 0.496 e. The fourth-order valence-electron chi connectivity index (χ4n) is 4.54. The molecule has 0 unspecified atom stereocenters. The lowest BCUT2D eigenvalue weighted by molar-refractivity contribution is -0.120. The monoisotopic (exact) mass is 494 g/mol. The normalized spacial score (nSPS) is 18.2. The van der Waals surface area contributed by atoms with Crippen molar-refractivity contribution in [2.45, 2.75) is 38.7 Å². The number of rotatable bonds is 10. The summed E-state index contributed by atoms with van der Waals surface area (Å²) in [5.74, 6) is 0.693. The van der Waals surface area contributed by atoms with E-state index in [1.807, 2.05) is 17.5 Å². The average molecular weight is 495 g/mol. The number of ether oxygens (including phenoxy) is 2. The summed E-state index contributed by atoms with van der Waals surface area (Å²) in [4.78, 5) is 13.6. The SMILES string of the molecule is COc1csc(COC[C@H]2C(=O)C=C(Cl)[C@@H]2CCc2ccc(C(C)(C)c3ccccc3)cc2)c1. The van der Waals surface area contributed by atoms with E-state index < -0.39 is 0 Å². The van der Waals surface area contributed by atoms with Crippen LogP contribution < -0.4 is 4.74 Å². The number of hydrogen-bond acceptors (Lipinski definition) is 4. The minimum absolute atomic E-state index is 0.00692. The standard InChI is InChI=1S/C29H31ClO3S/c1-29(2,21-7-5-4-6-8-21)22-12-9-20(10-13-22)11-14-25-26(28(31)16-27(25)30)18-33-17-24-15-23(32-3)19-34-24/h4-10,12-13,15-16,19,25-26H,11,14,17-18H2,1-3H3/t25-,26-/m1/s1. The Kier molecular flexibility index (Phi) is 7.92. The summed E-state index contributed by atoms with van der Waals surface area (Å²) in [6, 6.07) is 21.4. The van der Waals surface area contributed by atoms with Crippen molar-refractivity contribution < 1.29 is 14.3 Å². The van der Waals surface area contributed by atoms with Gasteiger partial charge in [-0.2, -0.15) is 0 Å². The molecule has 178 valence electrons. The lowest BCUT2D eigenvalue weighted by Gasteiger charge is -2.26. The zero-order chi connectivity index (χ0) is 24.1. The zero-order valence-corrected chi connectivity index (χ0v) is 21.5. The first-order valence-corrected chi connectivity index (χ1v) is 12.9. The first kappa shape index (κ1) is 24.7. The maximum atomic E-state index is 12.5. The summed E-state index contributed by atoms with van der Waals surface area (Å²) in [5, 5.41) is 2.60. The quantitative estimate of drug-likeness (QED) is 0.299. The number of methoxy groups -OCH3 is 1. The zero-order valence-electron chi connectivity index (χ0n) is 19.9. The van der Waals surface area contributed by atoms with Crippen molar-refractivity contribution in [3.63, 3.8) is 0 Å². The van der Waals surface area contributed by atoms with Crippen molar-refractivity contribution in [1.29, 1.82) is 0 Å². The molecule has 0 bridgehead atoms. The molecule has 1 heterocycles. The molecular weight excluding hydrogens is 464 g/mol. The Hall–Kier alpha value is -2.40. The number of allylic oxidation sites excluding steroid dienone is 2. The van der Waals surface area contributed by atoms with Gasteiger partial charge >= 0.3 is 0 Å². The topological polar surface area (TPSA) is 35.5 Å². The second-order valence-corrected chi connectivity index (χ2v) is 10.8. The van der Waals surface area contributed by atoms with Crippen molar-refractivity contribution in [1.82, 2.24) is 0 Å². The number of aryl methyl sites for hydroxylation is 1. The Morgan fingerprint density at radius 1 is 1.00 bits per heavy atom. The highest BCUT2D eigenvalue weighted by atomic mass is 35.5. The van der Waals surface area contributed by atoms with E-state index in [1.165, 1.54) is 16.7 Å². The van der Waals surface area contributed by atoms with E-state index in [1.54, 1.807) is 24.5 Å². The van der Waals surface area contributed by atoms with Gasteiger partial charge in [0.05, 0.1) is 26.2 Å². The van der Waals surface area contributed by atoms with Crippen molar-refractivity contribution in [3.8, 4) is 5.75 Å². The minimum Gasteiger partial charge on any atom is -0.496 e. The van der Waals surface area contributed by atoms with Crippen LogP contribution >= 0.6 is 22.9 Å². The Balaban J connectivity index is 1.34. The Bertz CT molecular complexity index is 1130. The van der Waals surface area contributed by atoms with Gasteiger partial charge < -0.3 is 9.47 Å². The molecule has 0 aliphatic heterocycles. The van der Waals surface area contributed by atoms with Gasteiger partial charge in [0, 0.05) is 26.6 Å². The molecule has 0 N–H and O–H groups in total. The maximum Gasteiger partial charge on any atom is 0.162 e. The van der Waals surface area contributed by atoms with E-state index in [0.29, 0.717) is 18.2 Å². The van der Waals surface area contributed by atoms with Crippen LogP contribution in [0, 0.1) is 11.8 Å². The van der Waals surface area contributed by atoms with Gasteiger partial charge in [-0.1, -0.05) is 80.0 Å². The molecule has 0 radical (unpaired) electrons. The fourth-order valence-corrected chi connectivity index (χ4v) is 5.68. The molecule has 1 aliphatic carbocycles. The number of carbonyl (C=O) groups excluding carboxylic acids is 1. The first-order chi connectivity index (χ1) is 16.4. The van der Waals surface area contributed by atoms with Crippen LogP contribution in [0.1, 0.15) is 41.8 Å². The van der Waals surface area contributed by atoms with Crippen LogP contribution in [-0.2, 0) is 28.0 Å². The van der Waals surface area contributed by atoms with Crippen molar-refractivity contribution in [2.24, 2.45) is 11.8 Å². The van der Waals surface area contributed by atoms with Gasteiger partial charge in [-0.15, -0.1) is 11.3 Å². The number of thiophene rings is 1. The number of ketones is 1. The number of carbonyl (C=O) groups is 1. The van der Waals surface area contributed by atoms with Crippen molar-refractivity contribution in [2.75, 3.05) is 13.7 Å². The minimum atomic E-state index is -0.217. The molecule has 1 aromatic heterocycles. The summed E-state index contributed by atoms with van der Waals surface area (Å²) in [6.45, 7) is 5.35. The molecule has 0 fully saturated rings. The maximum absolute atomic E-state index is 12.5. The summed E-state index contributed by atoms with van der Waals surface area (Å²) in [6.07, 6.45) is 3.27. The van der Waals surface area contributed by atoms with Crippen LogP contribution in [0.25, 0.3) is 0 Å². The first-order valence-electron chi connectivity index (χ1n) is 11.6. The van der Waals surface area contributed by atoms with Crippen LogP contribution in [0.15, 0.2) is 77.2 Å². The Morgan fingerprint density at radius 3 is 2.38 bits per heavy atom. The van der Waals surface area contributed by atoms with E-state index in [-0.39, 0.29) is 23.0 Å². The van der Waals surface area contributed by atoms with E-state index in [2.05, 4.69) is 62.4 Å². The van der Waals surface area contributed by atoms with Gasteiger partial charge in [0.15, 0.2) is 5.78 Å². The lowest BCUT2D eigenvalue weighted by atomic mass is 9.78. The predicted molar refractivity (Wildman–Crippen MR) is 140 cm³/mol. The second kappa shape index (κ2) is 10.9. The smallest absolute Gasteiger partial charge is 0.162 e. The Labute approximate surface area is 211 Å². The molecule has 0 saturated heterocycles. The molecule has 5 heteroatoms. The predicted octanol–water partition coefficient (Wildman–Crippen LogP) is 7.17. The van der Waals surface area contributed by atoms with Gasteiger partial charge in [0.2, 0.25) is 0 Å². The fraction of sp³-hybridized carbons (Fsp3) is 0.345. The van der Waals surface area contributed by atoms with Crippen molar-refractivity contribution >= 4 is 28.7 Å². The van der Waals surface area contributed by atoms with E-state index in [9.17, 15) is 4.79 Å².